The third kappa shape index (κ3) is 3.74. The number of anilines is 1. The van der Waals surface area contributed by atoms with Gasteiger partial charge in [0.05, 0.1) is 4.92 Å². The zero-order chi connectivity index (χ0) is 14.5. The zero-order valence-electron chi connectivity index (χ0n) is 10.8. The normalized spacial score (nSPS) is 10.3. The van der Waals surface area contributed by atoms with E-state index in [1.54, 1.807) is 23.9 Å². The fourth-order valence-corrected chi connectivity index (χ4v) is 2.67. The maximum atomic E-state index is 11.0. The van der Waals surface area contributed by atoms with Crippen LogP contribution in [0.1, 0.15) is 5.56 Å². The summed E-state index contributed by atoms with van der Waals surface area (Å²) in [6.45, 7) is 0.410. The van der Waals surface area contributed by atoms with Crippen molar-refractivity contribution in [2.45, 2.75) is 11.4 Å². The molecule has 0 spiro atoms. The van der Waals surface area contributed by atoms with Crippen LogP contribution in [0.2, 0.25) is 0 Å². The van der Waals surface area contributed by atoms with E-state index in [1.807, 2.05) is 30.5 Å². The van der Waals surface area contributed by atoms with E-state index >= 15 is 0 Å². The second-order valence-corrected chi connectivity index (χ2v) is 5.91. The highest BCUT2D eigenvalue weighted by Gasteiger charge is 2.13. The molecule has 0 aromatic heterocycles. The van der Waals surface area contributed by atoms with E-state index in [-0.39, 0.29) is 10.6 Å². The third-order valence-electron chi connectivity index (χ3n) is 2.79. The van der Waals surface area contributed by atoms with Crippen molar-refractivity contribution in [1.82, 2.24) is 0 Å². The van der Waals surface area contributed by atoms with Gasteiger partial charge in [-0.3, -0.25) is 10.1 Å². The first-order valence-electron chi connectivity index (χ1n) is 5.91. The number of benzene rings is 2. The molecule has 2 rings (SSSR count). The number of hydrogen-bond donors (Lipinski definition) is 1. The van der Waals surface area contributed by atoms with Gasteiger partial charge in [-0.1, -0.05) is 22.0 Å². The molecule has 1 N–H and O–H groups in total. The van der Waals surface area contributed by atoms with Crippen molar-refractivity contribution >= 4 is 39.1 Å². The lowest BCUT2D eigenvalue weighted by Crippen LogP contribution is -2.03. The molecule has 104 valence electrons. The molecule has 0 atom stereocenters. The third-order valence-corrected chi connectivity index (χ3v) is 4.01. The smallest absolute Gasteiger partial charge is 0.274 e. The van der Waals surface area contributed by atoms with Crippen LogP contribution >= 0.6 is 27.7 Å². The summed E-state index contributed by atoms with van der Waals surface area (Å²) < 4.78 is 0.831. The molecule has 0 aliphatic rings. The van der Waals surface area contributed by atoms with Crippen LogP contribution in [0, 0.1) is 10.1 Å². The molecule has 0 bridgehead atoms. The number of rotatable bonds is 5. The van der Waals surface area contributed by atoms with E-state index < -0.39 is 0 Å². The molecule has 0 radical (unpaired) electrons. The molecule has 2 aromatic rings. The molecule has 0 saturated heterocycles. The highest BCUT2D eigenvalue weighted by atomic mass is 79.9. The molecule has 0 heterocycles. The minimum Gasteiger partial charge on any atom is -0.381 e. The predicted octanol–water partition coefficient (Wildman–Crippen LogP) is 4.69. The molecule has 0 amide bonds. The number of halogens is 1. The number of hydrogen-bond acceptors (Lipinski definition) is 4. The lowest BCUT2D eigenvalue weighted by Gasteiger charge is -2.08. The zero-order valence-corrected chi connectivity index (χ0v) is 13.2. The van der Waals surface area contributed by atoms with Crippen LogP contribution in [0.5, 0.6) is 0 Å². The number of nitrogens with one attached hydrogen (secondary N) is 1. The summed E-state index contributed by atoms with van der Waals surface area (Å²) in [4.78, 5) is 11.8. The predicted molar refractivity (Wildman–Crippen MR) is 86.3 cm³/mol. The lowest BCUT2D eigenvalue weighted by atomic mass is 10.2. The second kappa shape index (κ2) is 6.76. The maximum absolute atomic E-state index is 11.0. The van der Waals surface area contributed by atoms with E-state index in [1.165, 1.54) is 6.07 Å². The van der Waals surface area contributed by atoms with Crippen LogP contribution in [-0.4, -0.2) is 11.2 Å². The Hall–Kier alpha value is -1.53. The topological polar surface area (TPSA) is 55.2 Å². The van der Waals surface area contributed by atoms with Crippen molar-refractivity contribution in [1.29, 1.82) is 0 Å². The van der Waals surface area contributed by atoms with Crippen molar-refractivity contribution < 1.29 is 4.92 Å². The summed E-state index contributed by atoms with van der Waals surface area (Å²) in [5.41, 5.74) is 1.73. The van der Waals surface area contributed by atoms with E-state index in [2.05, 4.69) is 21.2 Å². The minimum absolute atomic E-state index is 0.127. The van der Waals surface area contributed by atoms with Gasteiger partial charge in [0.2, 0.25) is 0 Å². The van der Waals surface area contributed by atoms with Crippen LogP contribution < -0.4 is 5.32 Å². The number of nitro groups is 1. The highest BCUT2D eigenvalue weighted by Crippen LogP contribution is 2.25. The average molecular weight is 353 g/mol. The Labute approximate surface area is 129 Å². The van der Waals surface area contributed by atoms with Gasteiger partial charge in [0.1, 0.15) is 0 Å². The molecule has 0 aliphatic carbocycles. The van der Waals surface area contributed by atoms with Gasteiger partial charge in [0.15, 0.2) is 0 Å². The van der Waals surface area contributed by atoms with Gasteiger partial charge in [-0.15, -0.1) is 11.8 Å². The molecule has 2 aromatic carbocycles. The molecule has 0 aliphatic heterocycles. The van der Waals surface area contributed by atoms with Crippen LogP contribution in [0.3, 0.4) is 0 Å². The quantitative estimate of drug-likeness (QED) is 0.481. The monoisotopic (exact) mass is 352 g/mol. The molecule has 0 saturated carbocycles. The first-order chi connectivity index (χ1) is 9.60. The SMILES string of the molecule is CSc1cccc(NCc2cc(Br)ccc2[N+](=O)[O-])c1. The van der Waals surface area contributed by atoms with Gasteiger partial charge in [0.25, 0.3) is 5.69 Å². The Bertz CT molecular complexity index is 634. The molecule has 20 heavy (non-hydrogen) atoms. The summed E-state index contributed by atoms with van der Waals surface area (Å²) in [7, 11) is 0. The summed E-state index contributed by atoms with van der Waals surface area (Å²) in [6, 6.07) is 12.9. The Kier molecular flexibility index (Phi) is 5.03. The summed E-state index contributed by atoms with van der Waals surface area (Å²) in [5, 5.41) is 14.2. The van der Waals surface area contributed by atoms with Gasteiger partial charge in [-0.2, -0.15) is 0 Å². The summed E-state index contributed by atoms with van der Waals surface area (Å²) in [6.07, 6.45) is 2.01. The van der Waals surface area contributed by atoms with E-state index in [0.717, 1.165) is 15.1 Å². The van der Waals surface area contributed by atoms with Crippen molar-refractivity contribution in [3.05, 3.63) is 62.6 Å². The van der Waals surface area contributed by atoms with Crippen LogP contribution in [0.4, 0.5) is 11.4 Å². The molecular formula is C14H13BrN2O2S. The van der Waals surface area contributed by atoms with Gasteiger partial charge in [-0.05, 0) is 36.6 Å². The summed E-state index contributed by atoms with van der Waals surface area (Å²) in [5.74, 6) is 0. The van der Waals surface area contributed by atoms with E-state index in [0.29, 0.717) is 12.1 Å². The Morgan fingerprint density at radius 2 is 2.10 bits per heavy atom. The highest BCUT2D eigenvalue weighted by molar-refractivity contribution is 9.10. The summed E-state index contributed by atoms with van der Waals surface area (Å²) >= 11 is 5.00. The molecule has 0 fully saturated rings. The van der Waals surface area contributed by atoms with Crippen molar-refractivity contribution in [3.8, 4) is 0 Å². The largest absolute Gasteiger partial charge is 0.381 e. The minimum atomic E-state index is -0.359. The second-order valence-electron chi connectivity index (χ2n) is 4.12. The average Bonchev–Trinajstić information content (AvgIpc) is 2.45. The van der Waals surface area contributed by atoms with Crippen LogP contribution in [-0.2, 0) is 6.54 Å². The maximum Gasteiger partial charge on any atom is 0.274 e. The molecule has 4 nitrogen and oxygen atoms in total. The lowest BCUT2D eigenvalue weighted by molar-refractivity contribution is -0.385. The Morgan fingerprint density at radius 1 is 1.30 bits per heavy atom. The van der Waals surface area contributed by atoms with Gasteiger partial charge >= 0.3 is 0 Å². The molecular weight excluding hydrogens is 340 g/mol. The van der Waals surface area contributed by atoms with Crippen molar-refractivity contribution in [2.24, 2.45) is 0 Å². The standard InChI is InChI=1S/C14H13BrN2O2S/c1-20-13-4-2-3-12(8-13)16-9-10-7-11(15)5-6-14(10)17(18)19/h2-8,16H,9H2,1H3. The number of thioether (sulfide) groups is 1. The van der Waals surface area contributed by atoms with Crippen molar-refractivity contribution in [2.75, 3.05) is 11.6 Å². The molecule has 6 heteroatoms. The first kappa shape index (κ1) is 14.9. The van der Waals surface area contributed by atoms with E-state index in [9.17, 15) is 10.1 Å². The number of nitro benzene ring substituents is 1. The van der Waals surface area contributed by atoms with Crippen molar-refractivity contribution in [3.63, 3.8) is 0 Å². The van der Waals surface area contributed by atoms with Crippen LogP contribution in [0.15, 0.2) is 51.8 Å². The van der Waals surface area contributed by atoms with Gasteiger partial charge in [0, 0.05) is 33.2 Å². The van der Waals surface area contributed by atoms with Gasteiger partial charge < -0.3 is 5.32 Å². The fourth-order valence-electron chi connectivity index (χ4n) is 1.80. The first-order valence-corrected chi connectivity index (χ1v) is 7.92. The van der Waals surface area contributed by atoms with Gasteiger partial charge in [-0.25, -0.2) is 0 Å². The molecule has 0 unspecified atom stereocenters. The fraction of sp³-hybridized carbons (Fsp3) is 0.143. The van der Waals surface area contributed by atoms with Crippen LogP contribution in [0.25, 0.3) is 0 Å². The Morgan fingerprint density at radius 3 is 2.80 bits per heavy atom. The Balaban J connectivity index is 2.17. The van der Waals surface area contributed by atoms with E-state index in [4.69, 9.17) is 0 Å². The number of nitrogens with zero attached hydrogens (tertiary/aromatic N) is 1.